The van der Waals surface area contributed by atoms with E-state index in [-0.39, 0.29) is 11.5 Å². The second-order valence-corrected chi connectivity index (χ2v) is 19.4. The molecule has 1 unspecified atom stereocenters. The van der Waals surface area contributed by atoms with Gasteiger partial charge in [-0.05, 0) is 68.6 Å². The lowest BCUT2D eigenvalue weighted by Crippen LogP contribution is -2.38. The normalized spacial score (nSPS) is 18.2. The zero-order chi connectivity index (χ0) is 26.8. The molecule has 2 atom stereocenters. The Bertz CT molecular complexity index is 1300. The van der Waals surface area contributed by atoms with Crippen molar-refractivity contribution in [3.8, 4) is 0 Å². The van der Waals surface area contributed by atoms with Crippen LogP contribution in [0.3, 0.4) is 0 Å². The summed E-state index contributed by atoms with van der Waals surface area (Å²) in [6.07, 6.45) is 5.62. The van der Waals surface area contributed by atoms with Gasteiger partial charge in [0.25, 0.3) is 0 Å². The highest BCUT2D eigenvalue weighted by Crippen LogP contribution is 2.29. The number of likely N-dealkylation sites (N-methyl/N-ethyl adjacent to an activating group) is 1. The van der Waals surface area contributed by atoms with Crippen LogP contribution in [0.2, 0.25) is 19.6 Å². The van der Waals surface area contributed by atoms with Crippen LogP contribution in [0, 0.1) is 0 Å². The molecule has 1 aliphatic heterocycles. The van der Waals surface area contributed by atoms with Gasteiger partial charge in [-0.25, -0.2) is 12.7 Å². The second kappa shape index (κ2) is 11.4. The molecule has 1 aromatic heterocycles. The topological polar surface area (TPSA) is 54.8 Å². The van der Waals surface area contributed by atoms with E-state index in [0.29, 0.717) is 19.3 Å². The summed E-state index contributed by atoms with van der Waals surface area (Å²) in [5, 5.41) is 1.14. The van der Waals surface area contributed by atoms with Crippen LogP contribution in [-0.2, 0) is 40.2 Å². The first-order chi connectivity index (χ1) is 17.4. The number of sulfonamides is 1. The molecule has 8 heteroatoms. The molecule has 0 radical (unpaired) electrons. The minimum atomic E-state index is -3.46. The molecule has 2 aromatic carbocycles. The number of aromatic nitrogens is 1. The Kier molecular flexibility index (Phi) is 8.65. The summed E-state index contributed by atoms with van der Waals surface area (Å²) < 4.78 is 36.4. The van der Waals surface area contributed by atoms with Gasteiger partial charge in [0, 0.05) is 36.9 Å². The van der Waals surface area contributed by atoms with Crippen molar-refractivity contribution in [2.75, 3.05) is 20.6 Å². The molecular weight excluding hydrogens is 498 g/mol. The minimum Gasteiger partial charge on any atom is -0.361 e. The fraction of sp³-hybridized carbons (Fsp3) is 0.517. The number of fused-ring (bicyclic) bond motifs is 1. The Hall–Kier alpha value is -1.97. The summed E-state index contributed by atoms with van der Waals surface area (Å²) in [7, 11) is -0.992. The van der Waals surface area contributed by atoms with Gasteiger partial charge in [0.05, 0.1) is 19.3 Å². The van der Waals surface area contributed by atoms with E-state index < -0.39 is 18.1 Å². The quantitative estimate of drug-likeness (QED) is 0.302. The molecule has 2 heterocycles. The van der Waals surface area contributed by atoms with E-state index in [2.05, 4.69) is 61.4 Å². The highest BCUT2D eigenvalue weighted by Gasteiger charge is 2.26. The smallest absolute Gasteiger partial charge is 0.218 e. The molecule has 1 saturated heterocycles. The number of ether oxygens (including phenoxy) is 1. The predicted molar refractivity (Wildman–Crippen MR) is 156 cm³/mol. The van der Waals surface area contributed by atoms with E-state index in [1.54, 1.807) is 7.05 Å². The van der Waals surface area contributed by atoms with Crippen LogP contribution >= 0.6 is 0 Å². The maximum Gasteiger partial charge on any atom is 0.218 e. The van der Waals surface area contributed by atoms with Crippen LogP contribution in [0.4, 0.5) is 0 Å². The number of rotatable bonds is 11. The zero-order valence-corrected chi connectivity index (χ0v) is 25.1. The molecule has 0 amide bonds. The Morgan fingerprint density at radius 3 is 2.49 bits per heavy atom. The van der Waals surface area contributed by atoms with Crippen LogP contribution in [0.1, 0.15) is 36.5 Å². The molecule has 1 aliphatic rings. The van der Waals surface area contributed by atoms with Crippen LogP contribution in [-0.4, -0.2) is 62.7 Å². The van der Waals surface area contributed by atoms with E-state index >= 15 is 0 Å². The van der Waals surface area contributed by atoms with Crippen molar-refractivity contribution in [2.45, 2.75) is 76.6 Å². The summed E-state index contributed by atoms with van der Waals surface area (Å²) in [4.78, 5) is 2.44. The molecule has 202 valence electrons. The predicted octanol–water partition coefficient (Wildman–Crippen LogP) is 5.48. The molecule has 0 spiro atoms. The van der Waals surface area contributed by atoms with Crippen molar-refractivity contribution < 1.29 is 13.2 Å². The van der Waals surface area contributed by atoms with E-state index in [1.807, 2.05) is 36.4 Å². The van der Waals surface area contributed by atoms with E-state index in [4.69, 9.17) is 4.74 Å². The van der Waals surface area contributed by atoms with Crippen LogP contribution in [0.15, 0.2) is 54.7 Å². The van der Waals surface area contributed by atoms with E-state index in [0.717, 1.165) is 35.0 Å². The van der Waals surface area contributed by atoms with Gasteiger partial charge < -0.3 is 14.2 Å². The number of likely N-dealkylation sites (tertiary alicyclic amines) is 1. The van der Waals surface area contributed by atoms with E-state index in [9.17, 15) is 8.42 Å². The monoisotopic (exact) mass is 541 g/mol. The highest BCUT2D eigenvalue weighted by molar-refractivity contribution is 7.88. The molecule has 37 heavy (non-hydrogen) atoms. The zero-order valence-electron chi connectivity index (χ0n) is 23.3. The summed E-state index contributed by atoms with van der Waals surface area (Å²) in [6.45, 7) is 11.2. The first-order valence-corrected chi connectivity index (χ1v) is 18.5. The molecule has 4 rings (SSSR count). The molecule has 1 fully saturated rings. The minimum absolute atomic E-state index is 0.0105. The lowest BCUT2D eigenvalue weighted by Gasteiger charge is -2.25. The number of nitrogens with zero attached hydrogens (tertiary/aromatic N) is 3. The summed E-state index contributed by atoms with van der Waals surface area (Å²) >= 11 is 0. The van der Waals surface area contributed by atoms with Crippen molar-refractivity contribution in [3.63, 3.8) is 0 Å². The summed E-state index contributed by atoms with van der Waals surface area (Å²) in [6, 6.07) is 16.4. The highest BCUT2D eigenvalue weighted by atomic mass is 32.2. The van der Waals surface area contributed by atoms with Gasteiger partial charge in [-0.2, -0.15) is 0 Å². The van der Waals surface area contributed by atoms with Crippen LogP contribution < -0.4 is 0 Å². The van der Waals surface area contributed by atoms with Gasteiger partial charge in [0.15, 0.2) is 0 Å². The third-order valence-electron chi connectivity index (χ3n) is 7.91. The van der Waals surface area contributed by atoms with Crippen molar-refractivity contribution in [1.82, 2.24) is 13.8 Å². The Morgan fingerprint density at radius 1 is 1.11 bits per heavy atom. The van der Waals surface area contributed by atoms with Gasteiger partial charge in [0.2, 0.25) is 10.0 Å². The van der Waals surface area contributed by atoms with Crippen molar-refractivity contribution in [2.24, 2.45) is 0 Å². The number of hydrogen-bond acceptors (Lipinski definition) is 4. The maximum absolute atomic E-state index is 13.2. The fourth-order valence-corrected chi connectivity index (χ4v) is 6.71. The number of benzene rings is 2. The third-order valence-corrected chi connectivity index (χ3v) is 12.3. The Balaban J connectivity index is 1.60. The van der Waals surface area contributed by atoms with Crippen molar-refractivity contribution in [1.29, 1.82) is 0 Å². The number of hydrogen-bond donors (Lipinski definition) is 0. The van der Waals surface area contributed by atoms with Gasteiger partial charge >= 0.3 is 0 Å². The largest absolute Gasteiger partial charge is 0.361 e. The van der Waals surface area contributed by atoms with Crippen molar-refractivity contribution in [3.05, 3.63) is 71.4 Å². The van der Waals surface area contributed by atoms with Gasteiger partial charge in [0.1, 0.15) is 6.73 Å². The molecule has 0 N–H and O–H groups in total. The van der Waals surface area contributed by atoms with Crippen molar-refractivity contribution >= 4 is 29.0 Å². The summed E-state index contributed by atoms with van der Waals surface area (Å²) in [5.74, 6) is -0.0105. The first-order valence-electron chi connectivity index (χ1n) is 13.3. The van der Waals surface area contributed by atoms with Gasteiger partial charge in [-0.15, -0.1) is 0 Å². The SMILES string of the molecule is C[C@H](OCn1cc(CC2CCCN2C)c2cc(CS(=O)(=O)N(C)Cc3ccccc3)ccc21)[Si](C)(C)C. The molecule has 6 nitrogen and oxygen atoms in total. The lowest BCUT2D eigenvalue weighted by atomic mass is 10.0. The summed E-state index contributed by atoms with van der Waals surface area (Å²) in [5.41, 5.74) is 4.44. The fourth-order valence-electron chi connectivity index (χ4n) is 4.97. The average molecular weight is 542 g/mol. The Morgan fingerprint density at radius 2 is 1.84 bits per heavy atom. The first kappa shape index (κ1) is 28.0. The van der Waals surface area contributed by atoms with Gasteiger partial charge in [-0.3, -0.25) is 0 Å². The average Bonchev–Trinajstić information content (AvgIpc) is 3.40. The van der Waals surface area contributed by atoms with E-state index in [1.165, 1.54) is 22.7 Å². The van der Waals surface area contributed by atoms with Crippen LogP contribution in [0.25, 0.3) is 10.9 Å². The molecule has 3 aromatic rings. The molecular formula is C29H43N3O3SSi. The Labute approximate surface area is 224 Å². The second-order valence-electron chi connectivity index (χ2n) is 11.8. The lowest BCUT2D eigenvalue weighted by molar-refractivity contribution is 0.0592. The molecule has 0 saturated carbocycles. The molecule has 0 bridgehead atoms. The standard InChI is InChI=1S/C29H43N3O3SSi/c1-23(37(4,5)6)35-22-32-20-26(18-27-13-10-16-30(27)2)28-17-25(14-15-29(28)32)21-36(33,34)31(3)19-24-11-8-7-9-12-24/h7-9,11-12,14-15,17,20,23,27H,10,13,16,18-19,21-22H2,1-6H3/t23-,27?/m1/s1. The maximum atomic E-state index is 13.2. The molecule has 0 aliphatic carbocycles. The van der Waals surface area contributed by atoms with Crippen LogP contribution in [0.5, 0.6) is 0 Å². The third kappa shape index (κ3) is 6.92. The van der Waals surface area contributed by atoms with Gasteiger partial charge in [-0.1, -0.05) is 56.0 Å².